The Balaban J connectivity index is 2.54. The fourth-order valence-corrected chi connectivity index (χ4v) is 1.51. The van der Waals surface area contributed by atoms with Gasteiger partial charge in [0.15, 0.2) is 0 Å². The van der Waals surface area contributed by atoms with E-state index in [0.717, 1.165) is 12.8 Å². The largest absolute Gasteiger partial charge is 0.481 e. The Morgan fingerprint density at radius 3 is 2.21 bits per heavy atom. The molecule has 0 aromatic carbocycles. The molecule has 0 aromatic heterocycles. The molecular formula is C10H17NO3. The van der Waals surface area contributed by atoms with Gasteiger partial charge in [-0.1, -0.05) is 0 Å². The van der Waals surface area contributed by atoms with Crippen LogP contribution in [0.2, 0.25) is 0 Å². The van der Waals surface area contributed by atoms with Crippen LogP contribution in [0.4, 0.5) is 0 Å². The van der Waals surface area contributed by atoms with Crippen LogP contribution in [0.25, 0.3) is 0 Å². The molecule has 1 aliphatic carbocycles. The van der Waals surface area contributed by atoms with Crippen LogP contribution < -0.4 is 0 Å². The van der Waals surface area contributed by atoms with Crippen LogP contribution in [0.5, 0.6) is 0 Å². The molecule has 1 saturated carbocycles. The van der Waals surface area contributed by atoms with Gasteiger partial charge in [0.2, 0.25) is 5.91 Å². The number of hydrogen-bond donors (Lipinski definition) is 1. The van der Waals surface area contributed by atoms with E-state index in [2.05, 4.69) is 0 Å². The average molecular weight is 199 g/mol. The lowest BCUT2D eigenvalue weighted by atomic mass is 10.1. The van der Waals surface area contributed by atoms with Crippen molar-refractivity contribution >= 4 is 11.9 Å². The topological polar surface area (TPSA) is 57.6 Å². The zero-order valence-electron chi connectivity index (χ0n) is 8.86. The Morgan fingerprint density at radius 2 is 1.86 bits per heavy atom. The fraction of sp³-hybridized carbons (Fsp3) is 0.800. The maximum atomic E-state index is 11.6. The smallest absolute Gasteiger partial charge is 0.315 e. The van der Waals surface area contributed by atoms with Crippen LogP contribution in [-0.4, -0.2) is 35.0 Å². The second-order valence-electron chi connectivity index (χ2n) is 4.09. The second kappa shape index (κ2) is 3.98. The van der Waals surface area contributed by atoms with E-state index < -0.39 is 11.9 Å². The van der Waals surface area contributed by atoms with E-state index in [1.165, 1.54) is 6.92 Å². The summed E-state index contributed by atoms with van der Waals surface area (Å²) in [5.41, 5.74) is 0. The van der Waals surface area contributed by atoms with Gasteiger partial charge in [0.25, 0.3) is 0 Å². The minimum absolute atomic E-state index is 0.171. The van der Waals surface area contributed by atoms with Crippen LogP contribution >= 0.6 is 0 Å². The monoisotopic (exact) mass is 199 g/mol. The number of rotatable bonds is 4. The minimum Gasteiger partial charge on any atom is -0.481 e. The Kier molecular flexibility index (Phi) is 3.13. The van der Waals surface area contributed by atoms with E-state index >= 15 is 0 Å². The summed E-state index contributed by atoms with van der Waals surface area (Å²) in [5, 5.41) is 8.69. The quantitative estimate of drug-likeness (QED) is 0.686. The van der Waals surface area contributed by atoms with Crippen LogP contribution in [-0.2, 0) is 9.59 Å². The first-order valence-electron chi connectivity index (χ1n) is 4.94. The van der Waals surface area contributed by atoms with Crippen molar-refractivity contribution in [3.05, 3.63) is 0 Å². The second-order valence-corrected chi connectivity index (χ2v) is 4.09. The van der Waals surface area contributed by atoms with Gasteiger partial charge in [-0.25, -0.2) is 0 Å². The van der Waals surface area contributed by atoms with E-state index in [1.54, 1.807) is 11.9 Å². The highest BCUT2D eigenvalue weighted by atomic mass is 16.4. The van der Waals surface area contributed by atoms with E-state index in [-0.39, 0.29) is 11.9 Å². The van der Waals surface area contributed by atoms with Crippen molar-refractivity contribution in [2.45, 2.75) is 32.7 Å². The van der Waals surface area contributed by atoms with E-state index in [4.69, 9.17) is 5.11 Å². The number of nitrogens with zero attached hydrogens (tertiary/aromatic N) is 1. The highest BCUT2D eigenvalue weighted by molar-refractivity contribution is 5.96. The zero-order chi connectivity index (χ0) is 10.9. The molecule has 0 heterocycles. The summed E-state index contributed by atoms with van der Waals surface area (Å²) in [6, 6.07) is 0.171. The number of carbonyl (C=O) groups is 2. The van der Waals surface area contributed by atoms with Gasteiger partial charge in [0.1, 0.15) is 5.92 Å². The number of hydrogen-bond acceptors (Lipinski definition) is 2. The maximum absolute atomic E-state index is 11.6. The van der Waals surface area contributed by atoms with Crippen molar-refractivity contribution in [1.29, 1.82) is 0 Å². The molecule has 0 radical (unpaired) electrons. The summed E-state index contributed by atoms with van der Waals surface area (Å²) >= 11 is 0. The van der Waals surface area contributed by atoms with Gasteiger partial charge in [-0.2, -0.15) is 0 Å². The minimum atomic E-state index is -1.05. The molecule has 1 rings (SSSR count). The lowest BCUT2D eigenvalue weighted by Gasteiger charge is -2.26. The van der Waals surface area contributed by atoms with Gasteiger partial charge in [0, 0.05) is 13.1 Å². The first kappa shape index (κ1) is 11.0. The van der Waals surface area contributed by atoms with Crippen LogP contribution in [0.3, 0.4) is 0 Å². The normalized spacial score (nSPS) is 19.9. The molecule has 0 aliphatic heterocycles. The molecule has 0 saturated heterocycles. The fourth-order valence-electron chi connectivity index (χ4n) is 1.51. The van der Waals surface area contributed by atoms with Gasteiger partial charge in [0.05, 0.1) is 0 Å². The molecule has 1 fully saturated rings. The van der Waals surface area contributed by atoms with Crippen molar-refractivity contribution < 1.29 is 14.7 Å². The molecule has 14 heavy (non-hydrogen) atoms. The summed E-state index contributed by atoms with van der Waals surface area (Å²) in [4.78, 5) is 23.8. The standard InChI is InChI=1S/C10H17NO3/c1-6(10(13)14)9(12)11(3)7(2)8-4-5-8/h6-8H,4-5H2,1-3H3,(H,13,14). The molecule has 0 spiro atoms. The molecule has 4 heteroatoms. The number of amides is 1. The lowest BCUT2D eigenvalue weighted by Crippen LogP contribution is -2.41. The molecule has 2 unspecified atom stereocenters. The zero-order valence-corrected chi connectivity index (χ0v) is 8.86. The first-order chi connectivity index (χ1) is 6.45. The summed E-state index contributed by atoms with van der Waals surface area (Å²) in [5.74, 6) is -1.70. The Hall–Kier alpha value is -1.06. The SMILES string of the molecule is CC(C(=O)O)C(=O)N(C)C(C)C1CC1. The van der Waals surface area contributed by atoms with Gasteiger partial charge >= 0.3 is 5.97 Å². The van der Waals surface area contributed by atoms with Gasteiger partial charge in [-0.15, -0.1) is 0 Å². The van der Waals surface area contributed by atoms with Crippen molar-refractivity contribution in [2.24, 2.45) is 11.8 Å². The molecule has 0 bridgehead atoms. The molecule has 4 nitrogen and oxygen atoms in total. The first-order valence-corrected chi connectivity index (χ1v) is 4.94. The maximum Gasteiger partial charge on any atom is 0.315 e. The Morgan fingerprint density at radius 1 is 1.36 bits per heavy atom. The van der Waals surface area contributed by atoms with E-state index in [0.29, 0.717) is 5.92 Å². The predicted octanol–water partition coefficient (Wildman–Crippen LogP) is 0.964. The summed E-state index contributed by atoms with van der Waals surface area (Å²) in [6.45, 7) is 3.41. The molecule has 0 aromatic rings. The molecule has 1 aliphatic rings. The van der Waals surface area contributed by atoms with Crippen LogP contribution in [0, 0.1) is 11.8 Å². The third-order valence-corrected chi connectivity index (χ3v) is 3.00. The Bertz CT molecular complexity index is 248. The number of carboxylic acid groups (broad SMARTS) is 1. The van der Waals surface area contributed by atoms with Crippen molar-refractivity contribution in [2.75, 3.05) is 7.05 Å². The molecule has 1 amide bonds. The van der Waals surface area contributed by atoms with E-state index in [9.17, 15) is 9.59 Å². The lowest BCUT2D eigenvalue weighted by molar-refractivity contribution is -0.150. The number of carboxylic acids is 1. The van der Waals surface area contributed by atoms with Crippen molar-refractivity contribution in [1.82, 2.24) is 4.90 Å². The highest BCUT2D eigenvalue weighted by Crippen LogP contribution is 2.34. The van der Waals surface area contributed by atoms with Gasteiger partial charge in [-0.3, -0.25) is 9.59 Å². The molecule has 1 N–H and O–H groups in total. The van der Waals surface area contributed by atoms with Gasteiger partial charge in [-0.05, 0) is 32.6 Å². The highest BCUT2D eigenvalue weighted by Gasteiger charge is 2.35. The third-order valence-electron chi connectivity index (χ3n) is 3.00. The molecular weight excluding hydrogens is 182 g/mol. The van der Waals surface area contributed by atoms with E-state index in [1.807, 2.05) is 6.92 Å². The van der Waals surface area contributed by atoms with Crippen LogP contribution in [0.1, 0.15) is 26.7 Å². The summed E-state index contributed by atoms with van der Waals surface area (Å²) in [6.07, 6.45) is 2.31. The summed E-state index contributed by atoms with van der Waals surface area (Å²) in [7, 11) is 1.69. The third kappa shape index (κ3) is 2.25. The summed E-state index contributed by atoms with van der Waals surface area (Å²) < 4.78 is 0. The number of carbonyl (C=O) groups excluding carboxylic acids is 1. The Labute approximate surface area is 83.9 Å². The predicted molar refractivity (Wildman–Crippen MR) is 51.8 cm³/mol. The van der Waals surface area contributed by atoms with Gasteiger partial charge < -0.3 is 10.0 Å². The van der Waals surface area contributed by atoms with Crippen LogP contribution in [0.15, 0.2) is 0 Å². The average Bonchev–Trinajstić information content (AvgIpc) is 2.96. The molecule has 2 atom stereocenters. The van der Waals surface area contributed by atoms with Crippen molar-refractivity contribution in [3.63, 3.8) is 0 Å². The number of aliphatic carboxylic acids is 1. The van der Waals surface area contributed by atoms with Crippen molar-refractivity contribution in [3.8, 4) is 0 Å². The molecule has 80 valence electrons.